The Bertz CT molecular complexity index is 954. The molecule has 3 aromatic heterocycles. The average molecular weight is 401 g/mol. The minimum atomic E-state index is -0.164. The standard InChI is InChI=1S/C19H27N7O3/c1-3-4-12(7-8-27)23-18-17-14(24-19(20)25-18)9-21-26(17)10-15-16(29-2)6-5-13(11-28)22-15/h5-6,9,12,27-28H,3-4,7-8,10-11H2,1-2H3,(H3,20,23,24,25)/t12-/m0/s1. The van der Waals surface area contributed by atoms with E-state index in [4.69, 9.17) is 10.5 Å². The molecule has 5 N–H and O–H groups in total. The van der Waals surface area contributed by atoms with E-state index in [0.717, 1.165) is 12.8 Å². The monoisotopic (exact) mass is 401 g/mol. The van der Waals surface area contributed by atoms with E-state index < -0.39 is 0 Å². The van der Waals surface area contributed by atoms with Crippen molar-refractivity contribution in [2.24, 2.45) is 0 Å². The van der Waals surface area contributed by atoms with Crippen molar-refractivity contribution in [3.8, 4) is 5.75 Å². The van der Waals surface area contributed by atoms with E-state index in [-0.39, 0.29) is 25.2 Å². The van der Waals surface area contributed by atoms with Crippen LogP contribution in [0.15, 0.2) is 18.3 Å². The van der Waals surface area contributed by atoms with E-state index in [1.54, 1.807) is 30.1 Å². The number of aliphatic hydroxyl groups excluding tert-OH is 2. The van der Waals surface area contributed by atoms with Crippen LogP contribution in [0.3, 0.4) is 0 Å². The number of methoxy groups -OCH3 is 1. The third-order valence-electron chi connectivity index (χ3n) is 4.63. The van der Waals surface area contributed by atoms with Crippen molar-refractivity contribution in [1.82, 2.24) is 24.7 Å². The van der Waals surface area contributed by atoms with Crippen molar-refractivity contribution in [3.63, 3.8) is 0 Å². The van der Waals surface area contributed by atoms with Crippen LogP contribution in [0.1, 0.15) is 37.6 Å². The molecule has 0 aromatic carbocycles. The predicted octanol–water partition coefficient (Wildman–Crippen LogP) is 1.32. The molecule has 29 heavy (non-hydrogen) atoms. The molecule has 0 aliphatic rings. The van der Waals surface area contributed by atoms with Crippen LogP contribution in [0.2, 0.25) is 0 Å². The lowest BCUT2D eigenvalue weighted by atomic mass is 10.1. The second kappa shape index (κ2) is 9.48. The molecule has 0 saturated carbocycles. The van der Waals surface area contributed by atoms with Crippen molar-refractivity contribution >= 4 is 22.8 Å². The summed E-state index contributed by atoms with van der Waals surface area (Å²) in [6, 6.07) is 3.53. The van der Waals surface area contributed by atoms with E-state index in [2.05, 4.69) is 32.3 Å². The third-order valence-corrected chi connectivity index (χ3v) is 4.63. The molecular weight excluding hydrogens is 374 g/mol. The Morgan fingerprint density at radius 1 is 1.21 bits per heavy atom. The normalized spacial score (nSPS) is 12.3. The number of anilines is 2. The SMILES string of the molecule is CCC[C@@H](CCO)Nc1nc(N)nc2cnn(Cc3nc(CO)ccc3OC)c12. The van der Waals surface area contributed by atoms with E-state index in [1.165, 1.54) is 0 Å². The summed E-state index contributed by atoms with van der Waals surface area (Å²) in [5, 5.41) is 26.6. The topological polar surface area (TPSA) is 144 Å². The lowest BCUT2D eigenvalue weighted by Gasteiger charge is -2.19. The smallest absolute Gasteiger partial charge is 0.222 e. The summed E-state index contributed by atoms with van der Waals surface area (Å²) in [6.45, 7) is 2.31. The first kappa shape index (κ1) is 20.7. The average Bonchev–Trinajstić information content (AvgIpc) is 3.10. The predicted molar refractivity (Wildman–Crippen MR) is 110 cm³/mol. The van der Waals surface area contributed by atoms with Gasteiger partial charge < -0.3 is 26.0 Å². The zero-order valence-electron chi connectivity index (χ0n) is 16.7. The van der Waals surface area contributed by atoms with Crippen molar-refractivity contribution in [1.29, 1.82) is 0 Å². The number of hydrogen-bond acceptors (Lipinski definition) is 9. The minimum Gasteiger partial charge on any atom is -0.495 e. The number of nitrogens with two attached hydrogens (primary N) is 1. The van der Waals surface area contributed by atoms with Gasteiger partial charge in [0.25, 0.3) is 0 Å². The molecule has 0 amide bonds. The zero-order chi connectivity index (χ0) is 20.8. The van der Waals surface area contributed by atoms with Gasteiger partial charge in [0.05, 0.1) is 32.2 Å². The molecule has 3 aromatic rings. The van der Waals surface area contributed by atoms with Crippen molar-refractivity contribution in [3.05, 3.63) is 29.7 Å². The molecule has 0 aliphatic heterocycles. The largest absolute Gasteiger partial charge is 0.495 e. The highest BCUT2D eigenvalue weighted by atomic mass is 16.5. The number of nitrogens with zero attached hydrogens (tertiary/aromatic N) is 5. The number of fused-ring (bicyclic) bond motifs is 1. The van der Waals surface area contributed by atoms with Gasteiger partial charge >= 0.3 is 0 Å². The highest BCUT2D eigenvalue weighted by Gasteiger charge is 2.18. The number of nitrogens with one attached hydrogen (secondary N) is 1. The molecule has 10 nitrogen and oxygen atoms in total. The Labute approximate surface area is 168 Å². The fourth-order valence-electron chi connectivity index (χ4n) is 3.29. The number of nitrogen functional groups attached to an aromatic ring is 1. The van der Waals surface area contributed by atoms with Gasteiger partial charge in [-0.2, -0.15) is 10.1 Å². The summed E-state index contributed by atoms with van der Waals surface area (Å²) >= 11 is 0. The van der Waals surface area contributed by atoms with Gasteiger partial charge in [-0.05, 0) is 25.0 Å². The third kappa shape index (κ3) is 4.72. The Balaban J connectivity index is 2.02. The highest BCUT2D eigenvalue weighted by Crippen LogP contribution is 2.25. The van der Waals surface area contributed by atoms with Gasteiger partial charge in [-0.15, -0.1) is 0 Å². The van der Waals surface area contributed by atoms with Crippen LogP contribution in [-0.4, -0.2) is 54.7 Å². The maximum atomic E-state index is 9.41. The van der Waals surface area contributed by atoms with Crippen LogP contribution in [0.25, 0.3) is 11.0 Å². The summed E-state index contributed by atoms with van der Waals surface area (Å²) in [5.74, 6) is 1.31. The van der Waals surface area contributed by atoms with Gasteiger partial charge in [-0.25, -0.2) is 9.97 Å². The minimum absolute atomic E-state index is 0.0521. The van der Waals surface area contributed by atoms with Crippen molar-refractivity contribution in [2.45, 2.75) is 45.4 Å². The summed E-state index contributed by atoms with van der Waals surface area (Å²) in [4.78, 5) is 13.1. The Morgan fingerprint density at radius 3 is 2.72 bits per heavy atom. The Morgan fingerprint density at radius 2 is 2.03 bits per heavy atom. The second-order valence-electron chi connectivity index (χ2n) is 6.72. The van der Waals surface area contributed by atoms with Gasteiger partial charge in [0.15, 0.2) is 5.82 Å². The fourth-order valence-corrected chi connectivity index (χ4v) is 3.29. The molecule has 0 spiro atoms. The Hall–Kier alpha value is -2.98. The first-order valence-corrected chi connectivity index (χ1v) is 9.59. The molecule has 0 saturated heterocycles. The number of aliphatic hydroxyl groups is 2. The van der Waals surface area contributed by atoms with Crippen LogP contribution >= 0.6 is 0 Å². The van der Waals surface area contributed by atoms with Gasteiger partial charge in [0.1, 0.15) is 22.5 Å². The highest BCUT2D eigenvalue weighted by molar-refractivity contribution is 5.86. The van der Waals surface area contributed by atoms with Gasteiger partial charge in [-0.3, -0.25) is 4.68 Å². The molecule has 10 heteroatoms. The summed E-state index contributed by atoms with van der Waals surface area (Å²) in [5.41, 5.74) is 8.36. The number of rotatable bonds is 10. The molecule has 1 atom stereocenters. The zero-order valence-corrected chi connectivity index (χ0v) is 16.7. The van der Waals surface area contributed by atoms with Crippen LogP contribution in [-0.2, 0) is 13.2 Å². The van der Waals surface area contributed by atoms with Crippen LogP contribution in [0.4, 0.5) is 11.8 Å². The lowest BCUT2D eigenvalue weighted by Crippen LogP contribution is -2.22. The molecule has 0 unspecified atom stereocenters. The molecule has 3 rings (SSSR count). The van der Waals surface area contributed by atoms with Crippen LogP contribution in [0.5, 0.6) is 5.75 Å². The number of aromatic nitrogens is 5. The van der Waals surface area contributed by atoms with Crippen molar-refractivity contribution < 1.29 is 14.9 Å². The second-order valence-corrected chi connectivity index (χ2v) is 6.72. The molecule has 0 aliphatic carbocycles. The van der Waals surface area contributed by atoms with E-state index in [0.29, 0.717) is 47.0 Å². The molecule has 0 radical (unpaired) electrons. The summed E-state index contributed by atoms with van der Waals surface area (Å²) in [6.07, 6.45) is 4.08. The molecule has 0 bridgehead atoms. The van der Waals surface area contributed by atoms with Gasteiger partial charge in [-0.1, -0.05) is 13.3 Å². The maximum absolute atomic E-state index is 9.41. The van der Waals surface area contributed by atoms with Gasteiger partial charge in [0.2, 0.25) is 5.95 Å². The molecule has 156 valence electrons. The van der Waals surface area contributed by atoms with Crippen molar-refractivity contribution in [2.75, 3.05) is 24.8 Å². The van der Waals surface area contributed by atoms with E-state index >= 15 is 0 Å². The lowest BCUT2D eigenvalue weighted by molar-refractivity contribution is 0.275. The first-order chi connectivity index (χ1) is 14.1. The molecular formula is C19H27N7O3. The molecule has 0 fully saturated rings. The van der Waals surface area contributed by atoms with Crippen LogP contribution < -0.4 is 15.8 Å². The number of hydrogen-bond donors (Lipinski definition) is 4. The Kier molecular flexibility index (Phi) is 6.78. The van der Waals surface area contributed by atoms with Crippen LogP contribution in [0, 0.1) is 0 Å². The first-order valence-electron chi connectivity index (χ1n) is 9.59. The van der Waals surface area contributed by atoms with E-state index in [9.17, 15) is 10.2 Å². The quantitative estimate of drug-likeness (QED) is 0.395. The number of pyridine rings is 1. The van der Waals surface area contributed by atoms with E-state index in [1.807, 2.05) is 0 Å². The number of ether oxygens (including phenoxy) is 1. The van der Waals surface area contributed by atoms with Gasteiger partial charge in [0, 0.05) is 12.6 Å². The summed E-state index contributed by atoms with van der Waals surface area (Å²) in [7, 11) is 1.57. The fraction of sp³-hybridized carbons (Fsp3) is 0.474. The maximum Gasteiger partial charge on any atom is 0.222 e. The molecule has 3 heterocycles. The summed E-state index contributed by atoms with van der Waals surface area (Å²) < 4.78 is 7.13.